The van der Waals surface area contributed by atoms with E-state index in [0.717, 1.165) is 6.92 Å². The van der Waals surface area contributed by atoms with Crippen molar-refractivity contribution in [3.8, 4) is 5.88 Å². The van der Waals surface area contributed by atoms with Crippen LogP contribution in [0.1, 0.15) is 12.5 Å². The Kier molecular flexibility index (Phi) is 4.80. The third-order valence-electron chi connectivity index (χ3n) is 1.74. The molecule has 0 aliphatic carbocycles. The van der Waals surface area contributed by atoms with Gasteiger partial charge in [-0.25, -0.2) is 13.8 Å². The first-order chi connectivity index (χ1) is 8.33. The Morgan fingerprint density at radius 3 is 2.78 bits per heavy atom. The standard InChI is InChI=1S/C10H12ClF2N3O2/c1-10(12,13)5-17-9-7(11)3-6(4-16-9)8(14)18-15-2/h3-4,14-15H,5H2,1-2H3. The number of nitrogens with zero attached hydrogens (tertiary/aromatic N) is 1. The van der Waals surface area contributed by atoms with Gasteiger partial charge in [-0.3, -0.25) is 5.41 Å². The summed E-state index contributed by atoms with van der Waals surface area (Å²) in [6, 6.07) is 1.34. The number of hydroxylamine groups is 1. The van der Waals surface area contributed by atoms with Gasteiger partial charge in [-0.1, -0.05) is 11.6 Å². The maximum atomic E-state index is 12.6. The fourth-order valence-corrected chi connectivity index (χ4v) is 1.23. The molecule has 2 N–H and O–H groups in total. The number of ether oxygens (including phenoxy) is 1. The lowest BCUT2D eigenvalue weighted by Gasteiger charge is -2.12. The van der Waals surface area contributed by atoms with Gasteiger partial charge in [0.2, 0.25) is 11.8 Å². The minimum Gasteiger partial charge on any atom is -0.470 e. The van der Waals surface area contributed by atoms with E-state index in [0.29, 0.717) is 5.56 Å². The SMILES string of the molecule is CNOC(=N)c1cnc(OCC(C)(F)F)c(Cl)c1. The molecule has 1 heterocycles. The van der Waals surface area contributed by atoms with Crippen molar-refractivity contribution in [2.24, 2.45) is 0 Å². The Morgan fingerprint density at radius 1 is 1.61 bits per heavy atom. The highest BCUT2D eigenvalue weighted by atomic mass is 35.5. The third kappa shape index (κ3) is 4.42. The number of halogens is 3. The average molecular weight is 280 g/mol. The second-order valence-corrected chi connectivity index (χ2v) is 3.91. The van der Waals surface area contributed by atoms with Crippen molar-refractivity contribution in [3.63, 3.8) is 0 Å². The Balaban J connectivity index is 2.77. The molecule has 1 aromatic heterocycles. The van der Waals surface area contributed by atoms with Crippen molar-refractivity contribution >= 4 is 17.5 Å². The summed E-state index contributed by atoms with van der Waals surface area (Å²) < 4.78 is 30.0. The van der Waals surface area contributed by atoms with E-state index in [1.807, 2.05) is 0 Å². The van der Waals surface area contributed by atoms with Gasteiger partial charge in [-0.15, -0.1) is 0 Å². The van der Waals surface area contributed by atoms with Crippen LogP contribution < -0.4 is 10.2 Å². The van der Waals surface area contributed by atoms with Gasteiger partial charge in [-0.05, 0) is 6.07 Å². The molecule has 0 fully saturated rings. The number of aromatic nitrogens is 1. The van der Waals surface area contributed by atoms with E-state index >= 15 is 0 Å². The minimum absolute atomic E-state index is 0.0289. The molecule has 0 bridgehead atoms. The molecule has 0 radical (unpaired) electrons. The predicted octanol–water partition coefficient (Wildman–Crippen LogP) is 2.25. The number of hydrogen-bond donors (Lipinski definition) is 2. The fraction of sp³-hybridized carbons (Fsp3) is 0.400. The molecule has 18 heavy (non-hydrogen) atoms. The quantitative estimate of drug-likeness (QED) is 0.493. The Bertz CT molecular complexity index is 438. The van der Waals surface area contributed by atoms with Crippen LogP contribution >= 0.6 is 11.6 Å². The molecule has 5 nitrogen and oxygen atoms in total. The number of alkyl halides is 2. The molecule has 100 valence electrons. The molecule has 0 unspecified atom stereocenters. The first-order valence-electron chi connectivity index (χ1n) is 4.92. The molecule has 0 spiro atoms. The van der Waals surface area contributed by atoms with E-state index in [1.54, 1.807) is 0 Å². The number of hydrogen-bond acceptors (Lipinski definition) is 5. The van der Waals surface area contributed by atoms with Crippen LogP contribution in [0.25, 0.3) is 0 Å². The Morgan fingerprint density at radius 2 is 2.28 bits per heavy atom. The Labute approximate surface area is 108 Å². The lowest BCUT2D eigenvalue weighted by molar-refractivity contribution is -0.0242. The molecule has 8 heteroatoms. The van der Waals surface area contributed by atoms with E-state index < -0.39 is 12.5 Å². The molecule has 0 aromatic carbocycles. The topological polar surface area (TPSA) is 67.2 Å². The zero-order chi connectivity index (χ0) is 13.8. The molecule has 0 aliphatic heterocycles. The van der Waals surface area contributed by atoms with Gasteiger partial charge in [0.1, 0.15) is 5.02 Å². The minimum atomic E-state index is -2.97. The molecule has 1 rings (SSSR count). The van der Waals surface area contributed by atoms with Crippen LogP contribution in [0.3, 0.4) is 0 Å². The second-order valence-electron chi connectivity index (χ2n) is 3.51. The van der Waals surface area contributed by atoms with E-state index in [4.69, 9.17) is 26.6 Å². The van der Waals surface area contributed by atoms with Crippen LogP contribution in [-0.4, -0.2) is 30.5 Å². The number of rotatable bonds is 5. The predicted molar refractivity (Wildman–Crippen MR) is 62.3 cm³/mol. The molecule has 0 amide bonds. The number of nitrogens with one attached hydrogen (secondary N) is 2. The zero-order valence-electron chi connectivity index (χ0n) is 9.76. The molecule has 0 saturated carbocycles. The Hall–Kier alpha value is -1.47. The summed E-state index contributed by atoms with van der Waals surface area (Å²) in [5, 5.41) is 7.48. The number of pyridine rings is 1. The van der Waals surface area contributed by atoms with Gasteiger partial charge in [-0.2, -0.15) is 5.48 Å². The first kappa shape index (κ1) is 14.6. The van der Waals surface area contributed by atoms with Crippen molar-refractivity contribution < 1.29 is 18.4 Å². The van der Waals surface area contributed by atoms with Crippen LogP contribution in [0.2, 0.25) is 5.02 Å². The summed E-state index contributed by atoms with van der Waals surface area (Å²) in [5.74, 6) is -3.27. The van der Waals surface area contributed by atoms with Crippen molar-refractivity contribution in [1.82, 2.24) is 10.5 Å². The second kappa shape index (κ2) is 5.92. The van der Waals surface area contributed by atoms with Crippen molar-refractivity contribution in [2.75, 3.05) is 13.7 Å². The third-order valence-corrected chi connectivity index (χ3v) is 2.01. The van der Waals surface area contributed by atoms with Gasteiger partial charge in [0, 0.05) is 20.2 Å². The summed E-state index contributed by atoms with van der Waals surface area (Å²) in [7, 11) is 1.49. The maximum Gasteiger partial charge on any atom is 0.278 e. The first-order valence-corrected chi connectivity index (χ1v) is 5.30. The summed E-state index contributed by atoms with van der Waals surface area (Å²) in [5.41, 5.74) is 2.62. The van der Waals surface area contributed by atoms with E-state index in [-0.39, 0.29) is 16.8 Å². The largest absolute Gasteiger partial charge is 0.470 e. The summed E-state index contributed by atoms with van der Waals surface area (Å²) >= 11 is 5.80. The molecular formula is C10H12ClF2N3O2. The van der Waals surface area contributed by atoms with Gasteiger partial charge < -0.3 is 9.57 Å². The molecule has 0 saturated heterocycles. The maximum absolute atomic E-state index is 12.6. The van der Waals surface area contributed by atoms with Crippen molar-refractivity contribution in [1.29, 1.82) is 5.41 Å². The van der Waals surface area contributed by atoms with Crippen LogP contribution in [0.5, 0.6) is 5.88 Å². The molecule has 1 aromatic rings. The lowest BCUT2D eigenvalue weighted by Crippen LogP contribution is -2.21. The van der Waals surface area contributed by atoms with Gasteiger partial charge >= 0.3 is 0 Å². The molecule has 0 aliphatic rings. The van der Waals surface area contributed by atoms with E-state index in [2.05, 4.69) is 10.5 Å². The van der Waals surface area contributed by atoms with Crippen LogP contribution in [0, 0.1) is 5.41 Å². The highest BCUT2D eigenvalue weighted by Gasteiger charge is 2.23. The van der Waals surface area contributed by atoms with Gasteiger partial charge in [0.05, 0.1) is 5.56 Å². The van der Waals surface area contributed by atoms with E-state index in [1.165, 1.54) is 19.3 Å². The summed E-state index contributed by atoms with van der Waals surface area (Å²) in [6.07, 6.45) is 1.24. The summed E-state index contributed by atoms with van der Waals surface area (Å²) in [4.78, 5) is 8.46. The van der Waals surface area contributed by atoms with Crippen molar-refractivity contribution in [3.05, 3.63) is 22.8 Å². The van der Waals surface area contributed by atoms with Gasteiger partial charge in [0.15, 0.2) is 6.61 Å². The van der Waals surface area contributed by atoms with Crippen LogP contribution in [0.4, 0.5) is 8.78 Å². The average Bonchev–Trinajstić information content (AvgIpc) is 2.26. The fourth-order valence-electron chi connectivity index (χ4n) is 1.01. The van der Waals surface area contributed by atoms with Gasteiger partial charge in [0.25, 0.3) is 5.92 Å². The van der Waals surface area contributed by atoms with E-state index in [9.17, 15) is 8.78 Å². The smallest absolute Gasteiger partial charge is 0.278 e. The van der Waals surface area contributed by atoms with Crippen LogP contribution in [-0.2, 0) is 4.84 Å². The van der Waals surface area contributed by atoms with Crippen molar-refractivity contribution in [2.45, 2.75) is 12.8 Å². The zero-order valence-corrected chi connectivity index (χ0v) is 10.5. The summed E-state index contributed by atoms with van der Waals surface area (Å²) in [6.45, 7) is -0.0880. The molecular weight excluding hydrogens is 268 g/mol. The normalized spacial score (nSPS) is 11.2. The highest BCUT2D eigenvalue weighted by Crippen LogP contribution is 2.24. The molecule has 0 atom stereocenters. The lowest BCUT2D eigenvalue weighted by atomic mass is 10.3. The monoisotopic (exact) mass is 279 g/mol. The highest BCUT2D eigenvalue weighted by molar-refractivity contribution is 6.32. The van der Waals surface area contributed by atoms with Crippen LogP contribution in [0.15, 0.2) is 12.3 Å².